The molecule has 5 nitrogen and oxygen atoms in total. The second-order valence-electron chi connectivity index (χ2n) is 7.96. The third kappa shape index (κ3) is 4.51. The van der Waals surface area contributed by atoms with Gasteiger partial charge in [-0.1, -0.05) is 30.3 Å². The van der Waals surface area contributed by atoms with Crippen molar-refractivity contribution >= 4 is 22.3 Å². The molecule has 2 aromatic rings. The van der Waals surface area contributed by atoms with Gasteiger partial charge in [0.2, 0.25) is 0 Å². The van der Waals surface area contributed by atoms with Crippen LogP contribution >= 0.6 is 11.3 Å². The molecule has 0 spiro atoms. The number of carbonyl (C=O) groups excluding carboxylic acids is 1. The Morgan fingerprint density at radius 3 is 2.63 bits per heavy atom. The summed E-state index contributed by atoms with van der Waals surface area (Å²) in [5, 5.41) is 0.539. The first kappa shape index (κ1) is 19.9. The summed E-state index contributed by atoms with van der Waals surface area (Å²) < 4.78 is 5.57. The van der Waals surface area contributed by atoms with Crippen LogP contribution < -0.4 is 11.5 Å². The monoisotopic (exact) mass is 387 g/mol. The van der Waals surface area contributed by atoms with Crippen LogP contribution in [0.2, 0.25) is 0 Å². The van der Waals surface area contributed by atoms with Gasteiger partial charge in [0.05, 0.1) is 11.6 Å². The van der Waals surface area contributed by atoms with E-state index in [9.17, 15) is 4.79 Å². The number of nitrogens with two attached hydrogens (primary N) is 2. The largest absolute Gasteiger partial charge is 0.456 e. The van der Waals surface area contributed by atoms with Gasteiger partial charge < -0.3 is 16.2 Å². The van der Waals surface area contributed by atoms with Gasteiger partial charge in [0.25, 0.3) is 0 Å². The molecule has 1 aromatic heterocycles. The van der Waals surface area contributed by atoms with Crippen LogP contribution in [0.25, 0.3) is 0 Å². The van der Waals surface area contributed by atoms with Crippen LogP contribution in [0.5, 0.6) is 0 Å². The van der Waals surface area contributed by atoms with Gasteiger partial charge in [-0.15, -0.1) is 11.3 Å². The fraction of sp³-hybridized carbons (Fsp3) is 0.476. The molecule has 6 heteroatoms. The number of nitrogen functional groups attached to an aromatic ring is 1. The Hall–Kier alpha value is -1.89. The van der Waals surface area contributed by atoms with Crippen molar-refractivity contribution in [2.75, 3.05) is 25.4 Å². The zero-order valence-corrected chi connectivity index (χ0v) is 17.1. The Labute approximate surface area is 165 Å². The second-order valence-corrected chi connectivity index (χ2v) is 9.04. The molecule has 4 N–H and O–H groups in total. The van der Waals surface area contributed by atoms with Crippen LogP contribution in [-0.4, -0.2) is 36.1 Å². The number of hydrogen-bond acceptors (Lipinski definition) is 6. The first-order valence-corrected chi connectivity index (χ1v) is 10.2. The predicted octanol–water partition coefficient (Wildman–Crippen LogP) is 3.39. The highest BCUT2D eigenvalue weighted by Gasteiger charge is 2.34. The Bertz CT molecular complexity index is 796. The van der Waals surface area contributed by atoms with E-state index in [1.165, 1.54) is 16.9 Å². The number of anilines is 1. The van der Waals surface area contributed by atoms with E-state index < -0.39 is 5.60 Å². The van der Waals surface area contributed by atoms with Gasteiger partial charge >= 0.3 is 5.97 Å². The van der Waals surface area contributed by atoms with Crippen LogP contribution in [0, 0.1) is 0 Å². The molecule has 3 rings (SSSR count). The average Bonchev–Trinajstić information content (AvgIpc) is 2.94. The summed E-state index contributed by atoms with van der Waals surface area (Å²) in [6.07, 6.45) is 1.77. The zero-order chi connectivity index (χ0) is 19.6. The minimum absolute atomic E-state index is 0.0981. The molecular weight excluding hydrogens is 358 g/mol. The lowest BCUT2D eigenvalue weighted by molar-refractivity contribution is 0.00693. The highest BCUT2D eigenvalue weighted by molar-refractivity contribution is 7.16. The number of ether oxygens (including phenoxy) is 1. The van der Waals surface area contributed by atoms with Crippen LogP contribution in [0.4, 0.5) is 5.00 Å². The highest BCUT2D eigenvalue weighted by Crippen LogP contribution is 2.41. The molecule has 27 heavy (non-hydrogen) atoms. The molecule has 0 bridgehead atoms. The molecule has 2 heterocycles. The highest BCUT2D eigenvalue weighted by atomic mass is 32.1. The molecule has 1 aromatic carbocycles. The lowest BCUT2D eigenvalue weighted by atomic mass is 9.96. The van der Waals surface area contributed by atoms with Crippen molar-refractivity contribution in [2.45, 2.75) is 45.3 Å². The maximum Gasteiger partial charge on any atom is 0.341 e. The molecule has 0 amide bonds. The maximum atomic E-state index is 12.7. The number of hydrogen-bond donors (Lipinski definition) is 2. The summed E-state index contributed by atoms with van der Waals surface area (Å²) in [5.74, 6) is -0.328. The van der Waals surface area contributed by atoms with Gasteiger partial charge in [-0.25, -0.2) is 4.79 Å². The van der Waals surface area contributed by atoms with Gasteiger partial charge in [0.15, 0.2) is 0 Å². The van der Waals surface area contributed by atoms with E-state index in [4.69, 9.17) is 16.2 Å². The number of nitrogens with zero attached hydrogens (tertiary/aromatic N) is 1. The molecule has 1 aliphatic heterocycles. The number of carbonyl (C=O) groups is 1. The second kappa shape index (κ2) is 8.00. The van der Waals surface area contributed by atoms with E-state index in [0.717, 1.165) is 36.4 Å². The summed E-state index contributed by atoms with van der Waals surface area (Å²) in [7, 11) is 0. The molecule has 1 atom stereocenters. The van der Waals surface area contributed by atoms with Gasteiger partial charge in [0, 0.05) is 24.5 Å². The van der Waals surface area contributed by atoms with Crippen LogP contribution in [-0.2, 0) is 17.6 Å². The van der Waals surface area contributed by atoms with Crippen molar-refractivity contribution < 1.29 is 9.53 Å². The molecule has 0 saturated carbocycles. The Balaban J connectivity index is 1.80. The average molecular weight is 388 g/mol. The van der Waals surface area contributed by atoms with Gasteiger partial charge in [-0.3, -0.25) is 4.90 Å². The van der Waals surface area contributed by atoms with E-state index >= 15 is 0 Å². The first-order chi connectivity index (χ1) is 12.8. The molecule has 1 aliphatic rings. The number of thiophene rings is 1. The van der Waals surface area contributed by atoms with Crippen LogP contribution in [0.1, 0.15) is 53.2 Å². The molecule has 0 unspecified atom stereocenters. The molecule has 0 fully saturated rings. The smallest absolute Gasteiger partial charge is 0.341 e. The molecule has 0 saturated heterocycles. The zero-order valence-electron chi connectivity index (χ0n) is 16.3. The van der Waals surface area contributed by atoms with Gasteiger partial charge in [0.1, 0.15) is 10.6 Å². The quantitative estimate of drug-likeness (QED) is 0.769. The molecular formula is C21H29N3O2S. The van der Waals surface area contributed by atoms with Crippen LogP contribution in [0.3, 0.4) is 0 Å². The lowest BCUT2D eigenvalue weighted by Gasteiger charge is -2.35. The number of esters is 1. The fourth-order valence-corrected chi connectivity index (χ4v) is 4.85. The van der Waals surface area contributed by atoms with E-state index in [0.29, 0.717) is 17.1 Å². The Morgan fingerprint density at radius 1 is 1.30 bits per heavy atom. The van der Waals surface area contributed by atoms with Crippen molar-refractivity contribution in [1.29, 1.82) is 0 Å². The van der Waals surface area contributed by atoms with Crippen molar-refractivity contribution in [3.05, 3.63) is 51.9 Å². The lowest BCUT2D eigenvalue weighted by Crippen LogP contribution is -2.40. The van der Waals surface area contributed by atoms with Gasteiger partial charge in [-0.05, 0) is 44.7 Å². The van der Waals surface area contributed by atoms with Crippen molar-refractivity contribution in [3.63, 3.8) is 0 Å². The van der Waals surface area contributed by atoms with E-state index in [-0.39, 0.29) is 12.0 Å². The summed E-state index contributed by atoms with van der Waals surface area (Å²) in [6, 6.07) is 10.6. The summed E-state index contributed by atoms with van der Waals surface area (Å²) >= 11 is 1.48. The van der Waals surface area contributed by atoms with Crippen molar-refractivity contribution in [2.24, 2.45) is 5.73 Å². The minimum atomic E-state index is -0.540. The third-order valence-electron chi connectivity index (χ3n) is 4.81. The van der Waals surface area contributed by atoms with Crippen LogP contribution in [0.15, 0.2) is 30.3 Å². The number of benzene rings is 1. The van der Waals surface area contributed by atoms with E-state index in [1.54, 1.807) is 0 Å². The van der Waals surface area contributed by atoms with Crippen molar-refractivity contribution in [1.82, 2.24) is 4.90 Å². The summed E-state index contributed by atoms with van der Waals surface area (Å²) in [5.41, 5.74) is 14.7. The first-order valence-electron chi connectivity index (χ1n) is 9.42. The Morgan fingerprint density at radius 2 is 2.00 bits per heavy atom. The number of rotatable bonds is 5. The number of fused-ring (bicyclic) bond motifs is 1. The molecule has 0 radical (unpaired) electrons. The standard InChI is InChI=1S/C21H29N3O2S/c1-21(2,3)26-20(25)17-15-10-12-24(11-9-14-7-5-4-6-8-14)16(13-22)18(15)27-19(17)23/h4-8,16H,9-13,22-23H2,1-3H3/t16-/m0/s1. The van der Waals surface area contributed by atoms with E-state index in [2.05, 4.69) is 29.2 Å². The minimum Gasteiger partial charge on any atom is -0.456 e. The van der Waals surface area contributed by atoms with E-state index in [1.807, 2.05) is 26.8 Å². The van der Waals surface area contributed by atoms with Crippen molar-refractivity contribution in [3.8, 4) is 0 Å². The summed E-state index contributed by atoms with van der Waals surface area (Å²) in [6.45, 7) is 7.92. The topological polar surface area (TPSA) is 81.6 Å². The van der Waals surface area contributed by atoms with Gasteiger partial charge in [-0.2, -0.15) is 0 Å². The Kier molecular flexibility index (Phi) is 5.89. The molecule has 146 valence electrons. The molecule has 0 aliphatic carbocycles. The normalized spacial score (nSPS) is 17.6. The third-order valence-corrected chi connectivity index (χ3v) is 5.98. The summed E-state index contributed by atoms with van der Waals surface area (Å²) in [4.78, 5) is 16.2. The SMILES string of the molecule is CC(C)(C)OC(=O)c1c(N)sc2c1CCN(CCc1ccccc1)[C@H]2CN. The fourth-order valence-electron chi connectivity index (χ4n) is 3.59. The predicted molar refractivity (Wildman–Crippen MR) is 111 cm³/mol. The maximum absolute atomic E-state index is 12.7.